The molecule has 0 unspecified atom stereocenters. The molecule has 0 fully saturated rings. The van der Waals surface area contributed by atoms with Crippen LogP contribution in [0.3, 0.4) is 0 Å². The minimum Gasteiger partial charge on any atom is -0.480 e. The first-order valence-corrected chi connectivity index (χ1v) is 8.07. The number of nitrogens with zero attached hydrogens (tertiary/aromatic N) is 1. The molecule has 1 aliphatic heterocycles. The second kappa shape index (κ2) is 4.90. The second-order valence-electron chi connectivity index (χ2n) is 4.01. The smallest absolute Gasteiger partial charge is 0.153 e. The number of furan rings is 1. The van der Waals surface area contributed by atoms with E-state index < -0.39 is 8.24 Å². The van der Waals surface area contributed by atoms with Crippen LogP contribution >= 0.6 is 0 Å². The lowest BCUT2D eigenvalue weighted by atomic mass is 10.7. The molecule has 2 heterocycles. The summed E-state index contributed by atoms with van der Waals surface area (Å²) in [6, 6.07) is 3.67. The maximum atomic E-state index is 5.06. The first kappa shape index (κ1) is 10.9. The van der Waals surface area contributed by atoms with Crippen LogP contribution in [0.5, 0.6) is 0 Å². The third-order valence-electron chi connectivity index (χ3n) is 1.84. The molecule has 1 aromatic rings. The zero-order valence-corrected chi connectivity index (χ0v) is 9.93. The second-order valence-corrected chi connectivity index (χ2v) is 8.93. The molecular weight excluding hydrogens is 194 g/mol. The highest BCUT2D eigenvalue weighted by atomic mass is 28.3. The van der Waals surface area contributed by atoms with Gasteiger partial charge in [-0.1, -0.05) is 19.6 Å². The Morgan fingerprint density at radius 1 is 1.14 bits per heavy atom. The van der Waals surface area contributed by atoms with Crippen molar-refractivity contribution in [1.82, 2.24) is 4.57 Å². The third-order valence-corrected chi connectivity index (χ3v) is 3.84. The Morgan fingerprint density at radius 2 is 1.79 bits per heavy atom. The van der Waals surface area contributed by atoms with Crippen molar-refractivity contribution in [1.29, 1.82) is 0 Å². The zero-order valence-electron chi connectivity index (χ0n) is 8.93. The minimum absolute atomic E-state index is 0.760. The Morgan fingerprint density at radius 3 is 2.00 bits per heavy atom. The highest BCUT2D eigenvalue weighted by Gasteiger charge is 2.22. The fourth-order valence-electron chi connectivity index (χ4n) is 0.927. The van der Waals surface area contributed by atoms with Crippen LogP contribution < -0.4 is 0 Å². The predicted molar refractivity (Wildman–Crippen MR) is 59.0 cm³/mol. The molecule has 78 valence electrons. The molecule has 0 aliphatic carbocycles. The summed E-state index contributed by atoms with van der Waals surface area (Å²) in [7, 11) is -1.10. The largest absolute Gasteiger partial charge is 0.480 e. The van der Waals surface area contributed by atoms with Crippen molar-refractivity contribution in [3.05, 3.63) is 37.1 Å². The van der Waals surface area contributed by atoms with Crippen LogP contribution in [0.4, 0.5) is 0 Å². The fourth-order valence-corrected chi connectivity index (χ4v) is 1.90. The lowest BCUT2D eigenvalue weighted by Crippen LogP contribution is -2.41. The van der Waals surface area contributed by atoms with Crippen molar-refractivity contribution in [3.63, 3.8) is 0 Å². The Labute approximate surface area is 86.1 Å². The molecule has 0 spiro atoms. The van der Waals surface area contributed by atoms with E-state index in [1.54, 1.807) is 18.8 Å². The maximum absolute atomic E-state index is 5.06. The quantitative estimate of drug-likeness (QED) is 0.668. The molecule has 0 aromatic carbocycles. The topological polar surface area (TPSA) is 25.6 Å². The average molecular weight is 211 g/mol. The van der Waals surface area contributed by atoms with Crippen molar-refractivity contribution in [2.75, 3.05) is 6.73 Å². The molecule has 0 saturated heterocycles. The number of hydrogen-bond acceptors (Lipinski definition) is 3. The van der Waals surface area contributed by atoms with Crippen LogP contribution in [0.1, 0.15) is 0 Å². The van der Waals surface area contributed by atoms with Gasteiger partial charge in [-0.2, -0.15) is 0 Å². The number of rotatable bonds is 1. The number of hydrogen-bond donors (Lipinski definition) is 0. The normalized spacial score (nSPS) is 14.6. The summed E-state index contributed by atoms with van der Waals surface area (Å²) in [5.74, 6) is 0. The van der Waals surface area contributed by atoms with Gasteiger partial charge >= 0.3 is 0 Å². The van der Waals surface area contributed by atoms with E-state index in [2.05, 4.69) is 28.6 Å². The monoisotopic (exact) mass is 211 g/mol. The highest BCUT2D eigenvalue weighted by molar-refractivity contribution is 6.73. The summed E-state index contributed by atoms with van der Waals surface area (Å²) >= 11 is 0. The van der Waals surface area contributed by atoms with Crippen LogP contribution in [0.2, 0.25) is 19.6 Å². The Bertz CT molecular complexity index is 247. The van der Waals surface area contributed by atoms with Gasteiger partial charge in [0.1, 0.15) is 6.26 Å². The van der Waals surface area contributed by atoms with Gasteiger partial charge in [-0.25, -0.2) is 0 Å². The molecule has 4 heteroatoms. The molecule has 1 aliphatic rings. The summed E-state index contributed by atoms with van der Waals surface area (Å²) < 4.78 is 11.9. The third kappa shape index (κ3) is 3.70. The van der Waals surface area contributed by atoms with Gasteiger partial charge in [0, 0.05) is 6.20 Å². The molecule has 3 nitrogen and oxygen atoms in total. The van der Waals surface area contributed by atoms with Gasteiger partial charge in [-0.05, 0) is 12.1 Å². The van der Waals surface area contributed by atoms with Gasteiger partial charge in [0.05, 0.1) is 12.5 Å². The van der Waals surface area contributed by atoms with Crippen LogP contribution in [0.15, 0.2) is 41.5 Å². The van der Waals surface area contributed by atoms with Gasteiger partial charge < -0.3 is 13.7 Å². The Balaban J connectivity index is 0.000000165. The summed E-state index contributed by atoms with van der Waals surface area (Å²) in [4.78, 5) is 0. The minimum atomic E-state index is -1.10. The van der Waals surface area contributed by atoms with Gasteiger partial charge in [-0.3, -0.25) is 0 Å². The van der Waals surface area contributed by atoms with E-state index in [9.17, 15) is 0 Å². The van der Waals surface area contributed by atoms with E-state index >= 15 is 0 Å². The molecule has 1 aromatic heterocycles. The van der Waals surface area contributed by atoms with Gasteiger partial charge in [0.15, 0.2) is 15.0 Å². The van der Waals surface area contributed by atoms with E-state index in [4.69, 9.17) is 4.74 Å². The average Bonchev–Trinajstić information content (AvgIpc) is 2.80. The zero-order chi connectivity index (χ0) is 10.4. The Kier molecular flexibility index (Phi) is 3.82. The van der Waals surface area contributed by atoms with Crippen molar-refractivity contribution >= 4 is 8.24 Å². The molecule has 0 bridgehead atoms. The summed E-state index contributed by atoms with van der Waals surface area (Å²) in [6.07, 6.45) is 7.05. The number of ether oxygens (including phenoxy) is 1. The molecule has 0 saturated carbocycles. The van der Waals surface area contributed by atoms with Crippen molar-refractivity contribution < 1.29 is 9.15 Å². The van der Waals surface area contributed by atoms with E-state index in [0.717, 1.165) is 6.73 Å². The SMILES string of the molecule is C[Si](C)(C)N1C=COC1.c1ccoc1. The van der Waals surface area contributed by atoms with Crippen LogP contribution in [-0.2, 0) is 4.74 Å². The molecule has 14 heavy (non-hydrogen) atoms. The lowest BCUT2D eigenvalue weighted by Gasteiger charge is -2.27. The van der Waals surface area contributed by atoms with E-state index in [0.29, 0.717) is 0 Å². The molecule has 0 radical (unpaired) electrons. The maximum Gasteiger partial charge on any atom is 0.153 e. The van der Waals surface area contributed by atoms with Gasteiger partial charge in [-0.15, -0.1) is 0 Å². The van der Waals surface area contributed by atoms with Crippen LogP contribution in [0.25, 0.3) is 0 Å². The Hall–Kier alpha value is -1.16. The van der Waals surface area contributed by atoms with E-state index in [-0.39, 0.29) is 0 Å². The van der Waals surface area contributed by atoms with E-state index in [1.807, 2.05) is 18.3 Å². The summed E-state index contributed by atoms with van der Waals surface area (Å²) in [6.45, 7) is 7.65. The molecule has 0 amide bonds. The summed E-state index contributed by atoms with van der Waals surface area (Å²) in [5.41, 5.74) is 0. The molecule has 0 atom stereocenters. The standard InChI is InChI=1S/C6H13NOSi.C4H4O/c1-9(2,3)7-4-5-8-6-7;1-2-4-5-3-1/h4-5H,6H2,1-3H3;1-4H. The summed E-state index contributed by atoms with van der Waals surface area (Å²) in [5, 5.41) is 0. The van der Waals surface area contributed by atoms with Crippen LogP contribution in [-0.4, -0.2) is 19.5 Å². The lowest BCUT2D eigenvalue weighted by molar-refractivity contribution is 0.217. The van der Waals surface area contributed by atoms with Crippen molar-refractivity contribution in [2.24, 2.45) is 0 Å². The van der Waals surface area contributed by atoms with Crippen molar-refractivity contribution in [2.45, 2.75) is 19.6 Å². The molecule has 2 rings (SSSR count). The van der Waals surface area contributed by atoms with E-state index in [1.165, 1.54) is 0 Å². The predicted octanol–water partition coefficient (Wildman–Crippen LogP) is 2.86. The first-order chi connectivity index (χ1) is 6.61. The highest BCUT2D eigenvalue weighted by Crippen LogP contribution is 2.13. The van der Waals surface area contributed by atoms with Crippen LogP contribution in [0, 0.1) is 0 Å². The van der Waals surface area contributed by atoms with Crippen molar-refractivity contribution in [3.8, 4) is 0 Å². The molecule has 0 N–H and O–H groups in total. The fraction of sp³-hybridized carbons (Fsp3) is 0.400. The first-order valence-electron chi connectivity index (χ1n) is 4.63. The molecular formula is C10H17NO2Si. The van der Waals surface area contributed by atoms with Gasteiger partial charge in [0.25, 0.3) is 0 Å². The van der Waals surface area contributed by atoms with Gasteiger partial charge in [0.2, 0.25) is 0 Å².